The standard InChI is InChI=1S/C6H2F3.2BrH.Zn/c7-4-2-1-3-5(8)6(4)9;;;/h2-3H;2*1H;/q;;;+2/p-2. The van der Waals surface area contributed by atoms with Crippen molar-refractivity contribution in [1.29, 1.82) is 0 Å². The molecule has 0 spiro atoms. The Balaban J connectivity index is 0.000000354. The SMILES string of the molecule is Fc1c[c]cc(F)c1F.[Br][Zn][Br]. The van der Waals surface area contributed by atoms with Crippen LogP contribution in [0.25, 0.3) is 0 Å². The second-order valence-electron chi connectivity index (χ2n) is 1.57. The van der Waals surface area contributed by atoms with Gasteiger partial charge in [0.1, 0.15) is 0 Å². The Morgan fingerprint density at radius 2 is 1.42 bits per heavy atom. The van der Waals surface area contributed by atoms with Gasteiger partial charge in [0.15, 0.2) is 17.5 Å². The Kier molecular flexibility index (Phi) is 7.39. The third kappa shape index (κ3) is 4.58. The number of benzene rings is 1. The van der Waals surface area contributed by atoms with Crippen LogP contribution in [0.3, 0.4) is 0 Å². The summed E-state index contributed by atoms with van der Waals surface area (Å²) in [5.41, 5.74) is 0. The van der Waals surface area contributed by atoms with Crippen molar-refractivity contribution in [1.82, 2.24) is 0 Å². The van der Waals surface area contributed by atoms with Crippen LogP contribution in [0.1, 0.15) is 0 Å². The molecule has 0 aliphatic rings. The van der Waals surface area contributed by atoms with Crippen molar-refractivity contribution in [2.24, 2.45) is 0 Å². The maximum atomic E-state index is 12.0. The fraction of sp³-hybridized carbons (Fsp3) is 0. The topological polar surface area (TPSA) is 0 Å². The van der Waals surface area contributed by atoms with E-state index >= 15 is 0 Å². The van der Waals surface area contributed by atoms with Gasteiger partial charge in [-0.15, -0.1) is 0 Å². The molecular weight excluding hydrogens is 354 g/mol. The van der Waals surface area contributed by atoms with Crippen molar-refractivity contribution >= 4 is 27.2 Å². The first-order chi connectivity index (χ1) is 5.63. The Morgan fingerprint density at radius 1 is 1.08 bits per heavy atom. The van der Waals surface area contributed by atoms with E-state index in [1.165, 1.54) is 0 Å². The summed E-state index contributed by atoms with van der Waals surface area (Å²) in [7, 11) is 0. The molecule has 1 radical (unpaired) electrons. The molecule has 0 fully saturated rings. The van der Waals surface area contributed by atoms with Gasteiger partial charge in [-0.2, -0.15) is 0 Å². The van der Waals surface area contributed by atoms with Gasteiger partial charge in [0.05, 0.1) is 0 Å². The van der Waals surface area contributed by atoms with E-state index in [0.29, 0.717) is 0 Å². The normalized spacial score (nSPS) is 8.08. The third-order valence-electron chi connectivity index (χ3n) is 0.839. The minimum absolute atomic E-state index is 0.250. The van der Waals surface area contributed by atoms with E-state index in [4.69, 9.17) is 0 Å². The monoisotopic (exact) mass is 353 g/mol. The molecule has 1 aromatic rings. The van der Waals surface area contributed by atoms with Crippen LogP contribution in [0.15, 0.2) is 12.1 Å². The van der Waals surface area contributed by atoms with Crippen molar-refractivity contribution in [3.05, 3.63) is 35.7 Å². The molecule has 63 valence electrons. The van der Waals surface area contributed by atoms with E-state index in [0.717, 1.165) is 12.1 Å². The molecule has 0 aromatic heterocycles. The molecule has 0 amide bonds. The summed E-state index contributed by atoms with van der Waals surface area (Å²) >= 11 is 6.25. The van der Waals surface area contributed by atoms with Gasteiger partial charge in [-0.3, -0.25) is 0 Å². The number of hydrogen-bond donors (Lipinski definition) is 0. The summed E-state index contributed by atoms with van der Waals surface area (Å²) in [6, 6.07) is 3.55. The first-order valence-corrected chi connectivity index (χ1v) is 16.7. The molecule has 12 heavy (non-hydrogen) atoms. The van der Waals surface area contributed by atoms with Gasteiger partial charge in [0.25, 0.3) is 0 Å². The molecule has 0 bridgehead atoms. The van der Waals surface area contributed by atoms with Gasteiger partial charge < -0.3 is 0 Å². The van der Waals surface area contributed by atoms with Crippen LogP contribution in [0.5, 0.6) is 0 Å². The average molecular weight is 356 g/mol. The fourth-order valence-corrected chi connectivity index (χ4v) is 0.429. The third-order valence-corrected chi connectivity index (χ3v) is 0.839. The van der Waals surface area contributed by atoms with Crippen molar-refractivity contribution in [2.45, 2.75) is 0 Å². The summed E-state index contributed by atoms with van der Waals surface area (Å²) < 4.78 is 35.8. The Hall–Kier alpha value is 0.593. The molecule has 1 aromatic carbocycles. The summed E-state index contributed by atoms with van der Waals surface area (Å²) in [5, 5.41) is 0. The second-order valence-corrected chi connectivity index (χ2v) is 15.6. The maximum absolute atomic E-state index is 12.0. The van der Waals surface area contributed by atoms with Gasteiger partial charge in [-0.1, -0.05) is 0 Å². The predicted octanol–water partition coefficient (Wildman–Crippen LogP) is 3.59. The molecule has 0 nitrogen and oxygen atoms in total. The van der Waals surface area contributed by atoms with Crippen LogP contribution in [-0.2, 0) is 13.2 Å². The van der Waals surface area contributed by atoms with E-state index in [-0.39, 0.29) is 13.2 Å². The molecule has 0 atom stereocenters. The van der Waals surface area contributed by atoms with Crippen molar-refractivity contribution in [2.75, 3.05) is 0 Å². The zero-order chi connectivity index (χ0) is 9.56. The van der Waals surface area contributed by atoms with Crippen LogP contribution >= 0.6 is 27.2 Å². The van der Waals surface area contributed by atoms with Crippen LogP contribution in [0, 0.1) is 23.5 Å². The molecule has 0 aliphatic carbocycles. The van der Waals surface area contributed by atoms with E-state index in [2.05, 4.69) is 33.3 Å². The molecule has 6 heteroatoms. The van der Waals surface area contributed by atoms with Crippen LogP contribution in [-0.4, -0.2) is 0 Å². The molecule has 0 heterocycles. The quantitative estimate of drug-likeness (QED) is 0.492. The zero-order valence-corrected chi connectivity index (χ0v) is 11.9. The van der Waals surface area contributed by atoms with E-state index in [1.54, 1.807) is 0 Å². The molecule has 0 unspecified atom stereocenters. The molecule has 0 N–H and O–H groups in total. The second kappa shape index (κ2) is 7.04. The van der Waals surface area contributed by atoms with Crippen molar-refractivity contribution < 1.29 is 26.4 Å². The van der Waals surface area contributed by atoms with Crippen LogP contribution in [0.4, 0.5) is 13.2 Å². The number of rotatable bonds is 0. The van der Waals surface area contributed by atoms with Crippen molar-refractivity contribution in [3.63, 3.8) is 0 Å². The van der Waals surface area contributed by atoms with E-state index in [1.807, 2.05) is 0 Å². The van der Waals surface area contributed by atoms with Gasteiger partial charge in [-0.05, 0) is 18.2 Å². The van der Waals surface area contributed by atoms with Crippen LogP contribution < -0.4 is 0 Å². The fourth-order valence-electron chi connectivity index (χ4n) is 0.429. The first kappa shape index (κ1) is 12.6. The summed E-state index contributed by atoms with van der Waals surface area (Å²) in [6.45, 7) is 0. The first-order valence-electron chi connectivity index (χ1n) is 2.76. The van der Waals surface area contributed by atoms with Crippen molar-refractivity contribution in [3.8, 4) is 0 Å². The van der Waals surface area contributed by atoms with Gasteiger partial charge in [-0.25, -0.2) is 13.2 Å². The van der Waals surface area contributed by atoms with Crippen LogP contribution in [0.2, 0.25) is 0 Å². The minimum atomic E-state index is -1.45. The molecule has 0 aliphatic heterocycles. The number of halogens is 5. The van der Waals surface area contributed by atoms with E-state index < -0.39 is 17.5 Å². The van der Waals surface area contributed by atoms with Gasteiger partial charge >= 0.3 is 40.5 Å². The Labute approximate surface area is 88.8 Å². The van der Waals surface area contributed by atoms with Gasteiger partial charge in [0, 0.05) is 0 Å². The Morgan fingerprint density at radius 3 is 1.67 bits per heavy atom. The molecular formula is C6H2Br2F3Zn. The molecule has 1 rings (SSSR count). The summed E-state index contributed by atoms with van der Waals surface area (Å²) in [6.07, 6.45) is 0. The predicted molar refractivity (Wildman–Crippen MR) is 43.0 cm³/mol. The zero-order valence-electron chi connectivity index (χ0n) is 5.75. The summed E-state index contributed by atoms with van der Waals surface area (Å²) in [5.74, 6) is -3.88. The summed E-state index contributed by atoms with van der Waals surface area (Å²) in [4.78, 5) is 0. The average Bonchev–Trinajstić information content (AvgIpc) is 2.02. The Bertz CT molecular complexity index is 224. The van der Waals surface area contributed by atoms with Gasteiger partial charge in [0.2, 0.25) is 0 Å². The van der Waals surface area contributed by atoms with E-state index in [9.17, 15) is 13.2 Å². The molecule has 0 saturated carbocycles. The number of hydrogen-bond acceptors (Lipinski definition) is 0. The molecule has 0 saturated heterocycles.